The summed E-state index contributed by atoms with van der Waals surface area (Å²) in [5, 5.41) is 11.8. The van der Waals surface area contributed by atoms with Crippen molar-refractivity contribution in [3.8, 4) is 0 Å². The van der Waals surface area contributed by atoms with Gasteiger partial charge in [0.2, 0.25) is 0 Å². The van der Waals surface area contributed by atoms with Gasteiger partial charge in [-0.2, -0.15) is 0 Å². The molecule has 0 aromatic carbocycles. The van der Waals surface area contributed by atoms with Crippen LogP contribution in [-0.2, 0) is 33.3 Å². The third kappa shape index (κ3) is 71.9. The van der Waals surface area contributed by atoms with Gasteiger partial charge in [-0.3, -0.25) is 9.59 Å². The monoisotopic (exact) mass is 1260 g/mol. The summed E-state index contributed by atoms with van der Waals surface area (Å²) in [5.74, 6) is -2.34. The van der Waals surface area contributed by atoms with Crippen LogP contribution < -0.4 is 5.11 Å². The van der Waals surface area contributed by atoms with E-state index in [1.165, 1.54) is 109 Å². The number of carboxylic acid groups (broad SMARTS) is 1. The maximum Gasteiger partial charge on any atom is 0.306 e. The second-order valence-electron chi connectivity index (χ2n) is 24.8. The number of aliphatic carboxylic acids is 1. The fourth-order valence-corrected chi connectivity index (χ4v) is 9.50. The highest BCUT2D eigenvalue weighted by atomic mass is 16.7. The summed E-state index contributed by atoms with van der Waals surface area (Å²) < 4.78 is 22.8. The summed E-state index contributed by atoms with van der Waals surface area (Å²) in [6.45, 7) is 4.48. The van der Waals surface area contributed by atoms with Gasteiger partial charge in [-0.05, 0) is 128 Å². The average Bonchev–Trinajstić information content (AvgIpc) is 3.65. The molecule has 0 aliphatic rings. The molecule has 0 aromatic heterocycles. The van der Waals surface area contributed by atoms with Crippen LogP contribution in [0.5, 0.6) is 0 Å². The van der Waals surface area contributed by atoms with E-state index >= 15 is 0 Å². The van der Waals surface area contributed by atoms with Crippen LogP contribution in [0.25, 0.3) is 0 Å². The van der Waals surface area contributed by atoms with Gasteiger partial charge in [0, 0.05) is 12.8 Å². The van der Waals surface area contributed by atoms with Gasteiger partial charge in [-0.1, -0.05) is 300 Å². The highest BCUT2D eigenvalue weighted by molar-refractivity contribution is 5.70. The van der Waals surface area contributed by atoms with Gasteiger partial charge in [0.05, 0.1) is 40.3 Å². The van der Waals surface area contributed by atoms with E-state index in [9.17, 15) is 19.5 Å². The van der Waals surface area contributed by atoms with Crippen LogP contribution in [-0.4, -0.2) is 82.3 Å². The molecule has 0 N–H and O–H groups in total. The molecule has 0 fully saturated rings. The van der Waals surface area contributed by atoms with Crippen LogP contribution in [0.15, 0.2) is 170 Å². The fourth-order valence-electron chi connectivity index (χ4n) is 9.50. The van der Waals surface area contributed by atoms with Gasteiger partial charge < -0.3 is 33.3 Å². The smallest absolute Gasteiger partial charge is 0.306 e. The van der Waals surface area contributed by atoms with Crippen molar-refractivity contribution < 1.29 is 42.9 Å². The number of rotatable bonds is 65. The SMILES string of the molecule is CC/C=C\C/C=C\C/C=C\C/C=C\C/C=C\C/C=C\C/C=C\C/C=C\C/C=C\CCCCCC(=O)OC(COC(=O)CCCCCCCCCCCCCCCCCCCCC/C=C\C/C=C\C/C=C\C/C=C\C/C=C\CC)COC(OCC[N+](C)(C)C)C(=O)[O-]. The zero-order valence-corrected chi connectivity index (χ0v) is 58.6. The molecule has 0 bridgehead atoms. The van der Waals surface area contributed by atoms with Crippen molar-refractivity contribution in [1.82, 2.24) is 0 Å². The van der Waals surface area contributed by atoms with E-state index in [-0.39, 0.29) is 38.6 Å². The van der Waals surface area contributed by atoms with Crippen molar-refractivity contribution in [2.75, 3.05) is 47.5 Å². The molecule has 0 heterocycles. The number of hydrogen-bond acceptors (Lipinski definition) is 8. The predicted molar refractivity (Wildman–Crippen MR) is 388 cm³/mol. The van der Waals surface area contributed by atoms with Gasteiger partial charge in [-0.15, -0.1) is 0 Å². The van der Waals surface area contributed by atoms with E-state index in [0.29, 0.717) is 17.4 Å². The number of hydrogen-bond donors (Lipinski definition) is 0. The lowest BCUT2D eigenvalue weighted by atomic mass is 10.0. The van der Waals surface area contributed by atoms with E-state index < -0.39 is 24.3 Å². The summed E-state index contributed by atoms with van der Waals surface area (Å²) in [7, 11) is 5.91. The van der Waals surface area contributed by atoms with Gasteiger partial charge in [-0.25, -0.2) is 0 Å². The quantitative estimate of drug-likeness (QED) is 0.0195. The number of carboxylic acids is 1. The third-order valence-electron chi connectivity index (χ3n) is 15.0. The molecule has 0 aromatic rings. The summed E-state index contributed by atoms with van der Waals surface area (Å²) in [6.07, 6.45) is 103. The number of quaternary nitrogens is 1. The second kappa shape index (κ2) is 70.5. The molecule has 0 aliphatic carbocycles. The summed E-state index contributed by atoms with van der Waals surface area (Å²) in [6, 6.07) is 0. The standard InChI is InChI=1S/C82H133NO8/c1-6-8-10-12-14-16-18-20-22-24-26-28-30-32-34-36-38-39-40-41-43-44-46-48-50-52-54-56-58-60-62-64-66-68-70-72-79(84)89-76-78(77-90-82(81(86)87)88-75-74-83(3,4)5)91-80(85)73-71-69-67-65-63-61-59-57-55-53-51-49-47-45-42-37-35-33-31-29-27-25-23-21-19-17-15-13-11-9-7-2/h8-11,14-17,20-23,26-29,32-35,42,45,49,51,55,57,61,63,78,82H,6-7,12-13,18-19,24-25,30-31,36-41,43-44,46-48,50,52-54,56,58-60,62,64-77H2,1-5H3/b10-8-,11-9-,16-14-,17-15-,22-20-,23-21-,28-26-,29-27-,34-32-,35-33-,45-42-,51-49-,57-55-,63-61-. The first-order chi connectivity index (χ1) is 44.6. The van der Waals surface area contributed by atoms with Crippen LogP contribution in [0.2, 0.25) is 0 Å². The lowest BCUT2D eigenvalue weighted by Crippen LogP contribution is -2.44. The number of allylic oxidation sites excluding steroid dienone is 28. The number of nitrogens with zero attached hydrogens (tertiary/aromatic N) is 1. The highest BCUT2D eigenvalue weighted by Gasteiger charge is 2.22. The number of carbonyl (C=O) groups excluding carboxylic acids is 3. The average molecular weight is 1260 g/mol. The van der Waals surface area contributed by atoms with E-state index in [0.717, 1.165) is 128 Å². The molecule has 9 heteroatoms. The molecule has 0 amide bonds. The maximum absolute atomic E-state index is 12.9. The normalized spacial score (nSPS) is 13.7. The Bertz CT molecular complexity index is 2100. The molecule has 2 atom stereocenters. The van der Waals surface area contributed by atoms with Crippen molar-refractivity contribution in [2.45, 2.75) is 283 Å². The van der Waals surface area contributed by atoms with Crippen LogP contribution in [0.3, 0.4) is 0 Å². The van der Waals surface area contributed by atoms with E-state index in [1.54, 1.807) is 0 Å². The molecule has 0 saturated heterocycles. The summed E-state index contributed by atoms with van der Waals surface area (Å²) >= 11 is 0. The molecule has 0 spiro atoms. The Hall–Kier alpha value is -5.35. The Balaban J connectivity index is 4.18. The molecule has 9 nitrogen and oxygen atoms in total. The Morgan fingerprint density at radius 2 is 0.593 bits per heavy atom. The number of esters is 2. The largest absolute Gasteiger partial charge is 0.545 e. The van der Waals surface area contributed by atoms with Crippen LogP contribution in [0, 0.1) is 0 Å². The molecule has 0 radical (unpaired) electrons. The minimum Gasteiger partial charge on any atom is -0.545 e. The number of ether oxygens (including phenoxy) is 4. The van der Waals surface area contributed by atoms with Gasteiger partial charge >= 0.3 is 11.9 Å². The predicted octanol–water partition coefficient (Wildman–Crippen LogP) is 21.7. The van der Waals surface area contributed by atoms with Crippen molar-refractivity contribution in [2.24, 2.45) is 0 Å². The van der Waals surface area contributed by atoms with Gasteiger partial charge in [0.15, 0.2) is 12.4 Å². The first-order valence-electron chi connectivity index (χ1n) is 36.3. The van der Waals surface area contributed by atoms with Gasteiger partial charge in [0.1, 0.15) is 13.2 Å². The number of carbonyl (C=O) groups is 3. The van der Waals surface area contributed by atoms with Crippen molar-refractivity contribution >= 4 is 17.9 Å². The molecule has 0 saturated carbocycles. The Morgan fingerprint density at radius 1 is 0.330 bits per heavy atom. The van der Waals surface area contributed by atoms with Crippen LogP contribution >= 0.6 is 0 Å². The van der Waals surface area contributed by atoms with Crippen molar-refractivity contribution in [3.63, 3.8) is 0 Å². The lowest BCUT2D eigenvalue weighted by Gasteiger charge is -2.26. The molecule has 91 heavy (non-hydrogen) atoms. The summed E-state index contributed by atoms with van der Waals surface area (Å²) in [4.78, 5) is 37.5. The first-order valence-corrected chi connectivity index (χ1v) is 36.3. The maximum atomic E-state index is 12.9. The minimum atomic E-state index is -1.64. The number of likely N-dealkylation sites (N-methyl/N-ethyl adjacent to an activating group) is 1. The van der Waals surface area contributed by atoms with Crippen molar-refractivity contribution in [3.05, 3.63) is 170 Å². The molecule has 0 rings (SSSR count). The Kier molecular flexibility index (Phi) is 66.4. The second-order valence-corrected chi connectivity index (χ2v) is 24.8. The van der Waals surface area contributed by atoms with E-state index in [2.05, 4.69) is 184 Å². The lowest BCUT2D eigenvalue weighted by molar-refractivity contribution is -0.870. The topological polar surface area (TPSA) is 111 Å². The van der Waals surface area contributed by atoms with Crippen LogP contribution in [0.1, 0.15) is 271 Å². The van der Waals surface area contributed by atoms with E-state index in [4.69, 9.17) is 18.9 Å². The van der Waals surface area contributed by atoms with Gasteiger partial charge in [0.25, 0.3) is 0 Å². The number of unbranched alkanes of at least 4 members (excludes halogenated alkanes) is 22. The molecule has 514 valence electrons. The van der Waals surface area contributed by atoms with E-state index in [1.807, 2.05) is 21.1 Å². The third-order valence-corrected chi connectivity index (χ3v) is 15.0. The molecular weight excluding hydrogens is 1130 g/mol. The minimum absolute atomic E-state index is 0.133. The fraction of sp³-hybridized carbons (Fsp3) is 0.622. The molecule has 2 unspecified atom stereocenters. The zero-order chi connectivity index (χ0) is 66.1. The zero-order valence-electron chi connectivity index (χ0n) is 58.6. The Morgan fingerprint density at radius 3 is 0.890 bits per heavy atom. The first kappa shape index (κ1) is 85.7. The van der Waals surface area contributed by atoms with Crippen LogP contribution in [0.4, 0.5) is 0 Å². The summed E-state index contributed by atoms with van der Waals surface area (Å²) in [5.41, 5.74) is 0. The highest BCUT2D eigenvalue weighted by Crippen LogP contribution is 2.17. The molecule has 0 aliphatic heterocycles. The molecular formula is C82H133NO8. The Labute approximate surface area is 558 Å². The van der Waals surface area contributed by atoms with Crippen molar-refractivity contribution in [1.29, 1.82) is 0 Å².